The van der Waals surface area contributed by atoms with Gasteiger partial charge in [-0.2, -0.15) is 0 Å². The summed E-state index contributed by atoms with van der Waals surface area (Å²) in [7, 11) is 0. The van der Waals surface area contributed by atoms with Gasteiger partial charge in [0, 0.05) is 25.2 Å². The van der Waals surface area contributed by atoms with E-state index in [0.29, 0.717) is 35.3 Å². The Kier molecular flexibility index (Phi) is 8.39. The summed E-state index contributed by atoms with van der Waals surface area (Å²) in [6.45, 7) is 7.24. The summed E-state index contributed by atoms with van der Waals surface area (Å²) in [6.07, 6.45) is 4.63. The second-order valence-corrected chi connectivity index (χ2v) is 8.85. The van der Waals surface area contributed by atoms with Gasteiger partial charge >= 0.3 is 5.97 Å². The van der Waals surface area contributed by atoms with Gasteiger partial charge in [-0.25, -0.2) is 9.78 Å². The van der Waals surface area contributed by atoms with E-state index >= 15 is 0 Å². The predicted octanol–water partition coefficient (Wildman–Crippen LogP) is 4.52. The fourth-order valence-electron chi connectivity index (χ4n) is 3.72. The van der Waals surface area contributed by atoms with Crippen LogP contribution in [0.3, 0.4) is 0 Å². The zero-order valence-electron chi connectivity index (χ0n) is 19.1. The van der Waals surface area contributed by atoms with Gasteiger partial charge in [0.2, 0.25) is 11.8 Å². The number of amides is 2. The summed E-state index contributed by atoms with van der Waals surface area (Å²) in [4.78, 5) is 45.8. The van der Waals surface area contributed by atoms with E-state index in [4.69, 9.17) is 4.74 Å². The maximum atomic E-state index is 13.2. The molecule has 7 nitrogen and oxygen atoms in total. The molecule has 8 heteroatoms. The number of benzene rings is 1. The van der Waals surface area contributed by atoms with E-state index in [2.05, 4.69) is 11.9 Å². The summed E-state index contributed by atoms with van der Waals surface area (Å²) >= 11 is 1.21. The number of anilines is 2. The van der Waals surface area contributed by atoms with Gasteiger partial charge < -0.3 is 9.64 Å². The third-order valence-corrected chi connectivity index (χ3v) is 6.60. The molecule has 2 amide bonds. The molecule has 2 heterocycles. The van der Waals surface area contributed by atoms with Crippen LogP contribution in [0.15, 0.2) is 24.3 Å². The van der Waals surface area contributed by atoms with Crippen molar-refractivity contribution in [3.05, 3.63) is 40.4 Å². The summed E-state index contributed by atoms with van der Waals surface area (Å²) in [5, 5.41) is 0.533. The minimum Gasteiger partial charge on any atom is -0.462 e. The number of thiazole rings is 1. The lowest BCUT2D eigenvalue weighted by Crippen LogP contribution is -2.33. The Labute approximate surface area is 193 Å². The van der Waals surface area contributed by atoms with E-state index in [1.807, 2.05) is 24.3 Å². The number of aromatic nitrogens is 1. The minimum atomic E-state index is -0.401. The molecule has 0 unspecified atom stereocenters. The molecule has 0 atom stereocenters. The molecule has 0 bridgehead atoms. The fraction of sp³-hybridized carbons (Fsp3) is 0.500. The van der Waals surface area contributed by atoms with Crippen molar-refractivity contribution in [3.63, 3.8) is 0 Å². The van der Waals surface area contributed by atoms with E-state index in [0.717, 1.165) is 43.5 Å². The number of nitrogens with zero attached hydrogens (tertiary/aromatic N) is 3. The molecular formula is C24H31N3O4S. The van der Waals surface area contributed by atoms with Gasteiger partial charge in [0.25, 0.3) is 0 Å². The Morgan fingerprint density at radius 3 is 2.56 bits per heavy atom. The Hall–Kier alpha value is -2.74. The van der Waals surface area contributed by atoms with E-state index in [1.165, 1.54) is 11.3 Å². The zero-order chi connectivity index (χ0) is 23.1. The van der Waals surface area contributed by atoms with Gasteiger partial charge in [-0.1, -0.05) is 43.2 Å². The lowest BCUT2D eigenvalue weighted by molar-refractivity contribution is -0.118. The maximum Gasteiger partial charge on any atom is 0.350 e. The number of esters is 1. The molecule has 3 rings (SSSR count). The van der Waals surface area contributed by atoms with Crippen molar-refractivity contribution in [1.82, 2.24) is 4.98 Å². The topological polar surface area (TPSA) is 79.8 Å². The monoisotopic (exact) mass is 457 g/mol. The molecule has 1 saturated heterocycles. The first kappa shape index (κ1) is 23.9. The smallest absolute Gasteiger partial charge is 0.350 e. The number of rotatable bonds is 10. The van der Waals surface area contributed by atoms with Gasteiger partial charge in [0.1, 0.15) is 4.88 Å². The molecular weight excluding hydrogens is 426 g/mol. The van der Waals surface area contributed by atoms with Crippen molar-refractivity contribution in [1.29, 1.82) is 0 Å². The Balaban J connectivity index is 1.75. The van der Waals surface area contributed by atoms with Crippen molar-refractivity contribution >= 4 is 39.9 Å². The highest BCUT2D eigenvalue weighted by Gasteiger charge is 2.24. The van der Waals surface area contributed by atoms with Gasteiger partial charge in [-0.05, 0) is 44.4 Å². The number of carbonyl (C=O) groups excluding carboxylic acids is 3. The van der Waals surface area contributed by atoms with Crippen LogP contribution in [0.4, 0.5) is 10.8 Å². The zero-order valence-corrected chi connectivity index (χ0v) is 19.9. The number of unbranched alkanes of at least 4 members (excludes halogenated alkanes) is 2. The van der Waals surface area contributed by atoms with Crippen LogP contribution in [-0.4, -0.2) is 42.5 Å². The van der Waals surface area contributed by atoms with Crippen molar-refractivity contribution in [2.24, 2.45) is 0 Å². The number of hydrogen-bond donors (Lipinski definition) is 0. The second-order valence-electron chi connectivity index (χ2n) is 7.88. The standard InChI is InChI=1S/C24H31N3O4S/c1-4-6-7-14-27(24-25-17(3)22(32-24)23(30)31-5-2)21(29)16-18-10-12-19(13-11-18)26-15-8-9-20(26)28/h10-13H,4-9,14-16H2,1-3H3. The van der Waals surface area contributed by atoms with E-state index in [9.17, 15) is 14.4 Å². The highest BCUT2D eigenvalue weighted by molar-refractivity contribution is 7.17. The normalized spacial score (nSPS) is 13.5. The van der Waals surface area contributed by atoms with Crippen molar-refractivity contribution < 1.29 is 19.1 Å². The van der Waals surface area contributed by atoms with Crippen molar-refractivity contribution in [2.45, 2.75) is 59.3 Å². The molecule has 1 aliphatic rings. The van der Waals surface area contributed by atoms with Crippen molar-refractivity contribution in [2.75, 3.05) is 29.5 Å². The Morgan fingerprint density at radius 2 is 1.94 bits per heavy atom. The highest BCUT2D eigenvalue weighted by atomic mass is 32.1. The molecule has 172 valence electrons. The van der Waals surface area contributed by atoms with E-state index in [1.54, 1.807) is 23.6 Å². The van der Waals surface area contributed by atoms with Crippen LogP contribution in [0, 0.1) is 6.92 Å². The van der Waals surface area contributed by atoms with Crippen LogP contribution in [0.5, 0.6) is 0 Å². The summed E-state index contributed by atoms with van der Waals surface area (Å²) in [5.74, 6) is -0.315. The van der Waals surface area contributed by atoms with Crippen LogP contribution < -0.4 is 9.80 Å². The van der Waals surface area contributed by atoms with Crippen LogP contribution in [0.2, 0.25) is 0 Å². The lowest BCUT2D eigenvalue weighted by Gasteiger charge is -2.20. The molecule has 0 radical (unpaired) electrons. The molecule has 1 aromatic carbocycles. The third kappa shape index (κ3) is 5.73. The maximum absolute atomic E-state index is 13.2. The SMILES string of the molecule is CCCCCN(C(=O)Cc1ccc(N2CCCC2=O)cc1)c1nc(C)c(C(=O)OCC)s1. The predicted molar refractivity (Wildman–Crippen MR) is 126 cm³/mol. The quantitative estimate of drug-likeness (QED) is 0.387. The fourth-order valence-corrected chi connectivity index (χ4v) is 4.72. The molecule has 32 heavy (non-hydrogen) atoms. The molecule has 0 saturated carbocycles. The van der Waals surface area contributed by atoms with Gasteiger partial charge in [0.15, 0.2) is 5.13 Å². The second kappa shape index (κ2) is 11.2. The molecule has 1 fully saturated rings. The number of hydrogen-bond acceptors (Lipinski definition) is 6. The first-order chi connectivity index (χ1) is 15.4. The summed E-state index contributed by atoms with van der Waals surface area (Å²) in [5.41, 5.74) is 2.33. The van der Waals surface area contributed by atoms with Crippen LogP contribution in [-0.2, 0) is 20.7 Å². The van der Waals surface area contributed by atoms with E-state index < -0.39 is 5.97 Å². The number of carbonyl (C=O) groups is 3. The van der Waals surface area contributed by atoms with Crippen LogP contribution in [0.1, 0.15) is 66.9 Å². The van der Waals surface area contributed by atoms with E-state index in [-0.39, 0.29) is 18.2 Å². The largest absolute Gasteiger partial charge is 0.462 e. The highest BCUT2D eigenvalue weighted by Crippen LogP contribution is 2.28. The summed E-state index contributed by atoms with van der Waals surface area (Å²) < 4.78 is 5.12. The first-order valence-corrected chi connectivity index (χ1v) is 12.1. The molecule has 2 aromatic rings. The number of ether oxygens (including phenoxy) is 1. The van der Waals surface area contributed by atoms with Crippen LogP contribution in [0.25, 0.3) is 0 Å². The Bertz CT molecular complexity index is 955. The van der Waals surface area contributed by atoms with Gasteiger partial charge in [0.05, 0.1) is 18.7 Å². The van der Waals surface area contributed by atoms with Crippen molar-refractivity contribution in [3.8, 4) is 0 Å². The first-order valence-electron chi connectivity index (χ1n) is 11.3. The van der Waals surface area contributed by atoms with Gasteiger partial charge in [-0.15, -0.1) is 0 Å². The van der Waals surface area contributed by atoms with Crippen LogP contribution >= 0.6 is 11.3 Å². The summed E-state index contributed by atoms with van der Waals surface area (Å²) in [6, 6.07) is 7.61. The molecule has 1 aliphatic heterocycles. The molecule has 0 spiro atoms. The minimum absolute atomic E-state index is 0.0599. The number of aryl methyl sites for hydroxylation is 1. The average molecular weight is 458 g/mol. The Morgan fingerprint density at radius 1 is 1.19 bits per heavy atom. The average Bonchev–Trinajstić information content (AvgIpc) is 3.37. The molecule has 0 N–H and O–H groups in total. The molecule has 0 aliphatic carbocycles. The van der Waals surface area contributed by atoms with Gasteiger partial charge in [-0.3, -0.25) is 14.5 Å². The third-order valence-electron chi connectivity index (χ3n) is 5.44. The molecule has 1 aromatic heterocycles. The lowest BCUT2D eigenvalue weighted by atomic mass is 10.1.